The van der Waals surface area contributed by atoms with E-state index in [-0.39, 0.29) is 11.6 Å². The number of nitrogens with zero attached hydrogens (tertiary/aromatic N) is 3. The topological polar surface area (TPSA) is 91.2 Å². The summed E-state index contributed by atoms with van der Waals surface area (Å²) in [5, 5.41) is 29.8. The second-order valence-electron chi connectivity index (χ2n) is 6.13. The third-order valence-electron chi connectivity index (χ3n) is 4.63. The Balaban J connectivity index is 1.92. The van der Waals surface area contributed by atoms with Crippen molar-refractivity contribution >= 4 is 0 Å². The number of hydrogen-bond acceptors (Lipinski definition) is 4. The Kier molecular flexibility index (Phi) is 3.63. The smallest absolute Gasteiger partial charge is 0.336 e. The summed E-state index contributed by atoms with van der Waals surface area (Å²) in [6.07, 6.45) is -0.508. The fourth-order valence-corrected chi connectivity index (χ4v) is 3.35. The van der Waals surface area contributed by atoms with E-state index in [9.17, 15) is 24.7 Å². The van der Waals surface area contributed by atoms with Crippen LogP contribution in [0.1, 0.15) is 23.8 Å². The molecule has 4 rings (SSSR count). The molecular formula is C19H14FN3O3. The molecule has 3 aromatic rings. The molecule has 2 N–H and O–H groups in total. The van der Waals surface area contributed by atoms with E-state index in [1.807, 2.05) is 0 Å². The molecule has 1 aromatic heterocycles. The van der Waals surface area contributed by atoms with E-state index in [2.05, 4.69) is 6.07 Å². The van der Waals surface area contributed by atoms with Gasteiger partial charge < -0.3 is 10.2 Å². The van der Waals surface area contributed by atoms with Crippen molar-refractivity contribution in [1.82, 2.24) is 9.13 Å². The first-order chi connectivity index (χ1) is 12.5. The Labute approximate surface area is 147 Å². The van der Waals surface area contributed by atoms with Crippen molar-refractivity contribution in [3.8, 4) is 28.8 Å². The Hall–Kier alpha value is -3.37. The average Bonchev–Trinajstić information content (AvgIpc) is 3.14. The van der Waals surface area contributed by atoms with Gasteiger partial charge in [0, 0.05) is 12.1 Å². The number of halogens is 1. The van der Waals surface area contributed by atoms with E-state index < -0.39 is 17.6 Å². The van der Waals surface area contributed by atoms with Gasteiger partial charge in [-0.05, 0) is 42.3 Å². The van der Waals surface area contributed by atoms with Gasteiger partial charge in [0.05, 0.1) is 17.3 Å². The van der Waals surface area contributed by atoms with Crippen LogP contribution >= 0.6 is 0 Å². The minimum absolute atomic E-state index is 0.197. The zero-order valence-electron chi connectivity index (χ0n) is 13.6. The van der Waals surface area contributed by atoms with Crippen LogP contribution in [0.4, 0.5) is 4.39 Å². The van der Waals surface area contributed by atoms with Crippen LogP contribution in [-0.2, 0) is 6.54 Å². The number of nitriles is 1. The predicted octanol–water partition coefficient (Wildman–Crippen LogP) is 2.46. The van der Waals surface area contributed by atoms with Crippen molar-refractivity contribution in [1.29, 1.82) is 5.26 Å². The maximum Gasteiger partial charge on any atom is 0.336 e. The molecule has 1 atom stereocenters. The van der Waals surface area contributed by atoms with Gasteiger partial charge in [-0.2, -0.15) is 5.26 Å². The summed E-state index contributed by atoms with van der Waals surface area (Å²) in [4.78, 5) is 12.6. The zero-order chi connectivity index (χ0) is 18.4. The molecule has 0 amide bonds. The van der Waals surface area contributed by atoms with Crippen molar-refractivity contribution in [3.05, 3.63) is 70.0 Å². The quantitative estimate of drug-likeness (QED) is 0.742. The lowest BCUT2D eigenvalue weighted by atomic mass is 9.99. The lowest BCUT2D eigenvalue weighted by molar-refractivity contribution is 0.175. The summed E-state index contributed by atoms with van der Waals surface area (Å²) < 4.78 is 15.6. The zero-order valence-corrected chi connectivity index (χ0v) is 13.6. The van der Waals surface area contributed by atoms with E-state index in [1.165, 1.54) is 16.7 Å². The van der Waals surface area contributed by atoms with Gasteiger partial charge in [-0.15, -0.1) is 0 Å². The third kappa shape index (κ3) is 2.31. The molecule has 2 heterocycles. The van der Waals surface area contributed by atoms with Crippen molar-refractivity contribution in [2.45, 2.75) is 19.1 Å². The Morgan fingerprint density at radius 1 is 1.19 bits per heavy atom. The summed E-state index contributed by atoms with van der Waals surface area (Å²) in [7, 11) is 0. The van der Waals surface area contributed by atoms with Gasteiger partial charge in [0.1, 0.15) is 17.6 Å². The van der Waals surface area contributed by atoms with Gasteiger partial charge in [0.15, 0.2) is 0 Å². The largest absolute Gasteiger partial charge is 0.493 e. The molecule has 2 aromatic carbocycles. The first kappa shape index (κ1) is 16.1. The van der Waals surface area contributed by atoms with Gasteiger partial charge in [0.2, 0.25) is 5.88 Å². The minimum Gasteiger partial charge on any atom is -0.493 e. The number of fused-ring (bicyclic) bond motifs is 1. The summed E-state index contributed by atoms with van der Waals surface area (Å²) in [5.74, 6) is -0.704. The fraction of sp³-hybridized carbons (Fsp3) is 0.158. The molecule has 0 saturated heterocycles. The number of aliphatic hydroxyl groups is 1. The Morgan fingerprint density at radius 3 is 2.58 bits per heavy atom. The number of aromatic hydroxyl groups is 1. The fourth-order valence-electron chi connectivity index (χ4n) is 3.35. The summed E-state index contributed by atoms with van der Waals surface area (Å²) in [6, 6.07) is 12.4. The highest BCUT2D eigenvalue weighted by molar-refractivity contribution is 5.73. The number of imidazole rings is 1. The number of rotatable bonds is 2. The van der Waals surface area contributed by atoms with Crippen LogP contribution in [0.25, 0.3) is 16.8 Å². The SMILES string of the molecule is N#Cc1ccc(-n2c(O)c3n(c2=O)CC[C@H]3O)cc1-c1ccc(F)cc1. The highest BCUT2D eigenvalue weighted by Gasteiger charge is 2.30. The highest BCUT2D eigenvalue weighted by Crippen LogP contribution is 2.34. The monoisotopic (exact) mass is 351 g/mol. The van der Waals surface area contributed by atoms with Gasteiger partial charge >= 0.3 is 5.69 Å². The molecule has 7 heteroatoms. The molecule has 26 heavy (non-hydrogen) atoms. The third-order valence-corrected chi connectivity index (χ3v) is 4.63. The lowest BCUT2D eigenvalue weighted by Gasteiger charge is -2.10. The Morgan fingerprint density at radius 2 is 1.92 bits per heavy atom. The molecule has 6 nitrogen and oxygen atoms in total. The van der Waals surface area contributed by atoms with Crippen LogP contribution in [-0.4, -0.2) is 19.3 Å². The van der Waals surface area contributed by atoms with Crippen LogP contribution in [0.3, 0.4) is 0 Å². The molecule has 0 bridgehead atoms. The molecule has 130 valence electrons. The van der Waals surface area contributed by atoms with Crippen molar-refractivity contribution in [2.75, 3.05) is 0 Å². The molecule has 0 radical (unpaired) electrons. The molecule has 0 aliphatic carbocycles. The van der Waals surface area contributed by atoms with Crippen LogP contribution in [0.5, 0.6) is 5.88 Å². The van der Waals surface area contributed by atoms with E-state index in [4.69, 9.17) is 0 Å². The van der Waals surface area contributed by atoms with Crippen LogP contribution in [0.15, 0.2) is 47.3 Å². The van der Waals surface area contributed by atoms with Crippen molar-refractivity contribution in [3.63, 3.8) is 0 Å². The maximum absolute atomic E-state index is 13.2. The molecule has 0 saturated carbocycles. The second-order valence-corrected chi connectivity index (χ2v) is 6.13. The summed E-state index contributed by atoms with van der Waals surface area (Å²) >= 11 is 0. The maximum atomic E-state index is 13.2. The van der Waals surface area contributed by atoms with Gasteiger partial charge in [-0.1, -0.05) is 12.1 Å². The number of aromatic nitrogens is 2. The summed E-state index contributed by atoms with van der Waals surface area (Å²) in [6.45, 7) is 0.330. The molecule has 0 unspecified atom stereocenters. The second kappa shape index (κ2) is 5.86. The number of benzene rings is 2. The molecule has 0 fully saturated rings. The van der Waals surface area contributed by atoms with Crippen LogP contribution in [0.2, 0.25) is 0 Å². The molecule has 1 aliphatic heterocycles. The number of hydrogen-bond donors (Lipinski definition) is 2. The first-order valence-corrected chi connectivity index (χ1v) is 8.04. The van der Waals surface area contributed by atoms with Crippen LogP contribution < -0.4 is 5.69 Å². The van der Waals surface area contributed by atoms with E-state index in [0.717, 1.165) is 4.57 Å². The normalized spacial score (nSPS) is 15.7. The molecule has 0 spiro atoms. The van der Waals surface area contributed by atoms with Crippen molar-refractivity contribution < 1.29 is 14.6 Å². The van der Waals surface area contributed by atoms with Gasteiger partial charge in [0.25, 0.3) is 0 Å². The lowest BCUT2D eigenvalue weighted by Crippen LogP contribution is -2.22. The van der Waals surface area contributed by atoms with E-state index in [1.54, 1.807) is 30.3 Å². The van der Waals surface area contributed by atoms with E-state index in [0.29, 0.717) is 35.3 Å². The first-order valence-electron chi connectivity index (χ1n) is 8.04. The van der Waals surface area contributed by atoms with Crippen molar-refractivity contribution in [2.24, 2.45) is 0 Å². The summed E-state index contributed by atoms with van der Waals surface area (Å²) in [5.41, 5.74) is 1.60. The average molecular weight is 351 g/mol. The predicted molar refractivity (Wildman–Crippen MR) is 91.4 cm³/mol. The Bertz CT molecular complexity index is 1110. The van der Waals surface area contributed by atoms with Crippen LogP contribution in [0, 0.1) is 17.1 Å². The van der Waals surface area contributed by atoms with E-state index >= 15 is 0 Å². The van der Waals surface area contributed by atoms with Gasteiger partial charge in [-0.25, -0.2) is 13.8 Å². The number of aliphatic hydroxyl groups excluding tert-OH is 1. The minimum atomic E-state index is -0.890. The molecular weight excluding hydrogens is 337 g/mol. The standard InChI is InChI=1S/C19H14FN3O3/c20-13-4-1-11(2-5-13)15-9-14(6-3-12(15)10-21)23-18(25)17-16(24)7-8-22(17)19(23)26/h1-6,9,16,24-25H,7-8H2/t16-/m1/s1. The highest BCUT2D eigenvalue weighted by atomic mass is 19.1. The molecule has 1 aliphatic rings. The van der Waals surface area contributed by atoms with Gasteiger partial charge in [-0.3, -0.25) is 4.57 Å².